The van der Waals surface area contributed by atoms with Gasteiger partial charge in [-0.25, -0.2) is 13.6 Å². The van der Waals surface area contributed by atoms with Crippen LogP contribution in [0, 0.1) is 17.6 Å². The number of hydrogen-bond donors (Lipinski definition) is 1. The fourth-order valence-corrected chi connectivity index (χ4v) is 6.94. The number of ketones is 1. The maximum absolute atomic E-state index is 14.0. The normalized spacial score (nSPS) is 21.7. The van der Waals surface area contributed by atoms with Crippen molar-refractivity contribution in [2.45, 2.75) is 25.0 Å². The van der Waals surface area contributed by atoms with Gasteiger partial charge in [-0.2, -0.15) is 0 Å². The number of carbonyl (C=O) groups excluding carboxylic acids is 2. The summed E-state index contributed by atoms with van der Waals surface area (Å²) in [7, 11) is 0. The van der Waals surface area contributed by atoms with E-state index in [1.54, 1.807) is 23.5 Å². The van der Waals surface area contributed by atoms with Gasteiger partial charge in [0.15, 0.2) is 6.10 Å². The lowest BCUT2D eigenvalue weighted by atomic mass is 9.81. The zero-order valence-electron chi connectivity index (χ0n) is 21.7. The molecule has 3 saturated heterocycles. The summed E-state index contributed by atoms with van der Waals surface area (Å²) < 4.78 is 35.6. The molecule has 0 spiro atoms. The van der Waals surface area contributed by atoms with Crippen molar-refractivity contribution in [3.05, 3.63) is 107 Å². The number of amides is 1. The number of alkyl carbamates (subject to hydrolysis) is 1. The minimum atomic E-state index is -0.964. The molecule has 2 bridgehead atoms. The number of Topliss-reactive ketones (excluding diaryl/α,β-unsaturated/α-hetero) is 1. The first-order valence-electron chi connectivity index (χ1n) is 13.2. The lowest BCUT2D eigenvalue weighted by Gasteiger charge is -2.52. The second-order valence-corrected chi connectivity index (χ2v) is 11.7. The Labute approximate surface area is 246 Å². The van der Waals surface area contributed by atoms with Crippen LogP contribution in [0.2, 0.25) is 0 Å². The van der Waals surface area contributed by atoms with Gasteiger partial charge in [-0.3, -0.25) is 4.79 Å². The van der Waals surface area contributed by atoms with E-state index in [1.165, 1.54) is 36.4 Å². The molecule has 5 nitrogen and oxygen atoms in total. The summed E-state index contributed by atoms with van der Waals surface area (Å²) in [6, 6.07) is 19.3. The molecule has 208 valence electrons. The van der Waals surface area contributed by atoms with Gasteiger partial charge in [0.25, 0.3) is 0 Å². The average molecular weight is 628 g/mol. The minimum Gasteiger partial charge on any atom is -1.00 e. The molecule has 3 aliphatic heterocycles. The molecule has 0 unspecified atom stereocenters. The molecule has 7 rings (SSSR count). The number of benzene rings is 3. The van der Waals surface area contributed by atoms with Crippen LogP contribution in [-0.4, -0.2) is 48.6 Å². The summed E-state index contributed by atoms with van der Waals surface area (Å²) in [5, 5.41) is 6.14. The van der Waals surface area contributed by atoms with Gasteiger partial charge in [0, 0.05) is 23.1 Å². The van der Waals surface area contributed by atoms with Gasteiger partial charge >= 0.3 is 6.09 Å². The number of rotatable bonds is 7. The predicted octanol–water partition coefficient (Wildman–Crippen LogP) is 3.49. The Kier molecular flexibility index (Phi) is 8.35. The van der Waals surface area contributed by atoms with Gasteiger partial charge < -0.3 is 31.5 Å². The SMILES string of the molecule is O=C(N[C@H]1C[N+]2(CC(=O)c3ccc4sccc4c3)CCC1CC2)OC(c1cccc(F)c1)c1cccc(F)c1.[Br-]. The van der Waals surface area contributed by atoms with Crippen molar-refractivity contribution in [3.63, 3.8) is 0 Å². The molecule has 1 atom stereocenters. The highest BCUT2D eigenvalue weighted by Gasteiger charge is 2.47. The Balaban J connectivity index is 0.00000323. The van der Waals surface area contributed by atoms with Crippen LogP contribution in [-0.2, 0) is 4.74 Å². The van der Waals surface area contributed by atoms with Crippen LogP contribution in [0.4, 0.5) is 13.6 Å². The van der Waals surface area contributed by atoms with Crippen molar-refractivity contribution in [2.75, 3.05) is 26.2 Å². The molecule has 0 radical (unpaired) electrons. The van der Waals surface area contributed by atoms with Crippen LogP contribution in [0.25, 0.3) is 10.1 Å². The molecule has 4 heterocycles. The monoisotopic (exact) mass is 626 g/mol. The number of quaternary nitrogens is 1. The Morgan fingerprint density at radius 3 is 2.27 bits per heavy atom. The molecule has 1 amide bonds. The van der Waals surface area contributed by atoms with Gasteiger partial charge in [-0.15, -0.1) is 11.3 Å². The van der Waals surface area contributed by atoms with Crippen molar-refractivity contribution in [2.24, 2.45) is 5.92 Å². The first kappa shape index (κ1) is 28.4. The van der Waals surface area contributed by atoms with E-state index in [-0.39, 0.29) is 28.8 Å². The van der Waals surface area contributed by atoms with Crippen LogP contribution >= 0.6 is 11.3 Å². The number of fused-ring (bicyclic) bond motifs is 4. The molecule has 3 fully saturated rings. The van der Waals surface area contributed by atoms with E-state index >= 15 is 0 Å². The number of carbonyl (C=O) groups is 2. The summed E-state index contributed by atoms with van der Waals surface area (Å²) in [5.74, 6) is -0.521. The number of halogens is 3. The van der Waals surface area contributed by atoms with Crippen LogP contribution in [0.5, 0.6) is 0 Å². The number of nitrogens with one attached hydrogen (secondary N) is 1. The maximum atomic E-state index is 14.0. The number of thiophene rings is 1. The molecule has 9 heteroatoms. The van der Waals surface area contributed by atoms with Crippen molar-refractivity contribution in [1.82, 2.24) is 5.32 Å². The van der Waals surface area contributed by atoms with Crippen molar-refractivity contribution in [1.29, 1.82) is 0 Å². The first-order chi connectivity index (χ1) is 18.9. The predicted molar refractivity (Wildman–Crippen MR) is 147 cm³/mol. The van der Waals surface area contributed by atoms with E-state index in [4.69, 9.17) is 4.74 Å². The van der Waals surface area contributed by atoms with E-state index in [1.807, 2.05) is 29.6 Å². The Bertz CT molecular complexity index is 1490. The van der Waals surface area contributed by atoms with Gasteiger partial charge in [0.05, 0.1) is 25.7 Å². The minimum absolute atomic E-state index is 0. The van der Waals surface area contributed by atoms with Crippen LogP contribution in [0.3, 0.4) is 0 Å². The number of ether oxygens (including phenoxy) is 1. The Hall–Kier alpha value is -3.14. The Morgan fingerprint density at radius 2 is 1.62 bits per heavy atom. The van der Waals surface area contributed by atoms with E-state index in [9.17, 15) is 18.4 Å². The smallest absolute Gasteiger partial charge is 0.408 e. The zero-order chi connectivity index (χ0) is 27.0. The second-order valence-electron chi connectivity index (χ2n) is 10.7. The number of piperidine rings is 3. The molecule has 0 aliphatic carbocycles. The molecular formula is C31H29BrF2N2O3S. The standard InChI is InChI=1S/C31H28F2N2O3S.BrH/c32-25-5-1-3-23(16-25)30(24-4-2-6-26(33)17-24)38-31(37)34-27-18-35(12-9-20(27)10-13-35)19-28(36)21-7-8-29-22(15-21)11-14-39-29;/h1-8,11,14-17,20,27,30H,9-10,12-13,18-19H2;1H/t20?,27-,35?;/m0./s1. The van der Waals surface area contributed by atoms with Crippen LogP contribution in [0.15, 0.2) is 78.2 Å². The number of nitrogens with zero attached hydrogens (tertiary/aromatic N) is 1. The van der Waals surface area contributed by atoms with Gasteiger partial charge in [0.1, 0.15) is 18.2 Å². The quantitative estimate of drug-likeness (QED) is 0.252. The highest BCUT2D eigenvalue weighted by molar-refractivity contribution is 7.17. The fraction of sp³-hybridized carbons (Fsp3) is 0.290. The number of hydrogen-bond acceptors (Lipinski definition) is 4. The summed E-state index contributed by atoms with van der Waals surface area (Å²) in [4.78, 5) is 26.5. The Morgan fingerprint density at radius 1 is 0.950 bits per heavy atom. The van der Waals surface area contributed by atoms with Crippen molar-refractivity contribution < 1.29 is 44.6 Å². The van der Waals surface area contributed by atoms with E-state index in [2.05, 4.69) is 5.32 Å². The summed E-state index contributed by atoms with van der Waals surface area (Å²) in [6.07, 6.45) is 0.228. The summed E-state index contributed by atoms with van der Waals surface area (Å²) in [6.45, 7) is 2.85. The fourth-order valence-electron chi connectivity index (χ4n) is 6.17. The topological polar surface area (TPSA) is 55.4 Å². The zero-order valence-corrected chi connectivity index (χ0v) is 24.1. The highest BCUT2D eigenvalue weighted by atomic mass is 79.9. The van der Waals surface area contributed by atoms with E-state index in [0.29, 0.717) is 34.6 Å². The van der Waals surface area contributed by atoms with Crippen molar-refractivity contribution >= 4 is 33.3 Å². The second kappa shape index (κ2) is 11.8. The largest absolute Gasteiger partial charge is 1.00 e. The third-order valence-electron chi connectivity index (χ3n) is 8.19. The molecule has 40 heavy (non-hydrogen) atoms. The lowest BCUT2D eigenvalue weighted by molar-refractivity contribution is -0.936. The molecule has 3 aliphatic rings. The highest BCUT2D eigenvalue weighted by Crippen LogP contribution is 2.35. The van der Waals surface area contributed by atoms with E-state index < -0.39 is 23.8 Å². The van der Waals surface area contributed by atoms with Crippen molar-refractivity contribution in [3.8, 4) is 0 Å². The van der Waals surface area contributed by atoms with Gasteiger partial charge in [-0.05, 0) is 76.3 Å². The van der Waals surface area contributed by atoms with E-state index in [0.717, 1.165) is 41.6 Å². The maximum Gasteiger partial charge on any atom is 0.408 e. The molecule has 4 aromatic rings. The average Bonchev–Trinajstić information content (AvgIpc) is 3.40. The van der Waals surface area contributed by atoms with Crippen LogP contribution in [0.1, 0.15) is 40.4 Å². The first-order valence-corrected chi connectivity index (χ1v) is 14.1. The summed E-state index contributed by atoms with van der Waals surface area (Å²) in [5.41, 5.74) is 1.56. The summed E-state index contributed by atoms with van der Waals surface area (Å²) >= 11 is 1.66. The molecular weight excluding hydrogens is 598 g/mol. The molecule has 1 N–H and O–H groups in total. The third kappa shape index (κ3) is 5.96. The third-order valence-corrected chi connectivity index (χ3v) is 9.08. The molecule has 3 aromatic carbocycles. The molecule has 1 aromatic heterocycles. The van der Waals surface area contributed by atoms with Crippen LogP contribution < -0.4 is 22.3 Å². The van der Waals surface area contributed by atoms with Gasteiger partial charge in [-0.1, -0.05) is 24.3 Å². The van der Waals surface area contributed by atoms with Gasteiger partial charge in [0.2, 0.25) is 5.78 Å². The molecule has 0 saturated carbocycles. The lowest BCUT2D eigenvalue weighted by Crippen LogP contribution is -3.00.